The van der Waals surface area contributed by atoms with Crippen LogP contribution in [0.3, 0.4) is 0 Å². The Balaban J connectivity index is 2.03. The van der Waals surface area contributed by atoms with Gasteiger partial charge in [-0.2, -0.15) is 0 Å². The van der Waals surface area contributed by atoms with Gasteiger partial charge in [-0.1, -0.05) is 24.3 Å². The number of nitrogen functional groups attached to an aromatic ring is 1. The number of para-hydroxylation sites is 1. The highest BCUT2D eigenvalue weighted by Crippen LogP contribution is 2.31. The molecule has 1 heterocycles. The van der Waals surface area contributed by atoms with E-state index in [1.165, 1.54) is 18.5 Å². The Morgan fingerprint density at radius 3 is 2.46 bits per heavy atom. The molecular weight excluding hydrogens is 331 g/mol. The number of rotatable bonds is 4. The van der Waals surface area contributed by atoms with E-state index in [0.29, 0.717) is 22.5 Å². The number of hydrogen-bond donors (Lipinski definition) is 3. The maximum Gasteiger partial charge on any atom is 0.222 e. The van der Waals surface area contributed by atoms with Crippen LogP contribution in [-0.4, -0.2) is 18.4 Å². The summed E-state index contributed by atoms with van der Waals surface area (Å²) in [5, 5.41) is 0. The van der Waals surface area contributed by atoms with Crippen molar-refractivity contribution in [2.24, 2.45) is 0 Å². The van der Waals surface area contributed by atoms with Crippen LogP contribution < -0.4 is 10.5 Å². The molecule has 0 aliphatic heterocycles. The van der Waals surface area contributed by atoms with Gasteiger partial charge in [-0.25, -0.2) is 17.8 Å². The van der Waals surface area contributed by atoms with Gasteiger partial charge in [-0.3, -0.25) is 9.71 Å². The Kier molecular flexibility index (Phi) is 4.39. The molecule has 8 heteroatoms. The molecule has 0 aliphatic carbocycles. The third kappa shape index (κ3) is 3.33. The minimum Gasteiger partial charge on any atom is -0.382 e. The first-order valence-corrected chi connectivity index (χ1v) is 8.10. The summed E-state index contributed by atoms with van der Waals surface area (Å²) < 4.78 is 38.6. The van der Waals surface area contributed by atoms with Gasteiger partial charge >= 0.3 is 0 Å². The van der Waals surface area contributed by atoms with E-state index in [4.69, 9.17) is 5.73 Å². The van der Waals surface area contributed by atoms with Crippen LogP contribution in [0.15, 0.2) is 54.9 Å². The summed E-state index contributed by atoms with van der Waals surface area (Å²) in [5.41, 5.74) is 7.62. The highest BCUT2D eigenvalue weighted by molar-refractivity contribution is 7.73. The van der Waals surface area contributed by atoms with E-state index in [1.54, 1.807) is 36.4 Å². The minimum atomic E-state index is -2.81. The van der Waals surface area contributed by atoms with E-state index in [0.717, 1.165) is 0 Å². The van der Waals surface area contributed by atoms with Crippen LogP contribution in [-0.2, 0) is 10.9 Å². The molecule has 122 valence electrons. The summed E-state index contributed by atoms with van der Waals surface area (Å²) >= 11 is 0. The first-order chi connectivity index (χ1) is 11.5. The van der Waals surface area contributed by atoms with Crippen molar-refractivity contribution in [3.63, 3.8) is 0 Å². The van der Waals surface area contributed by atoms with Crippen LogP contribution in [0.25, 0.3) is 22.4 Å². The first-order valence-electron chi connectivity index (χ1n) is 6.92. The summed E-state index contributed by atoms with van der Waals surface area (Å²) in [6.45, 7) is 0. The number of anilines is 2. The smallest absolute Gasteiger partial charge is 0.222 e. The second kappa shape index (κ2) is 6.63. The molecule has 24 heavy (non-hydrogen) atoms. The Labute approximate surface area is 139 Å². The van der Waals surface area contributed by atoms with E-state index >= 15 is 0 Å². The summed E-state index contributed by atoms with van der Waals surface area (Å²) in [5.74, 6) is -0.240. The van der Waals surface area contributed by atoms with Crippen molar-refractivity contribution in [2.75, 3.05) is 10.5 Å². The Morgan fingerprint density at radius 2 is 1.79 bits per heavy atom. The van der Waals surface area contributed by atoms with Crippen molar-refractivity contribution in [2.45, 2.75) is 0 Å². The van der Waals surface area contributed by atoms with Gasteiger partial charge in [0.05, 0.1) is 23.8 Å². The van der Waals surface area contributed by atoms with Crippen molar-refractivity contribution in [3.8, 4) is 22.4 Å². The van der Waals surface area contributed by atoms with Crippen LogP contribution in [0.5, 0.6) is 0 Å². The number of hydrogen-bond acceptors (Lipinski definition) is 5. The van der Waals surface area contributed by atoms with Crippen molar-refractivity contribution >= 4 is 22.4 Å². The van der Waals surface area contributed by atoms with Crippen LogP contribution in [0, 0.1) is 5.82 Å². The predicted molar refractivity (Wildman–Crippen MR) is 91.2 cm³/mol. The van der Waals surface area contributed by atoms with Gasteiger partial charge in [0.25, 0.3) is 0 Å². The number of nitrogens with two attached hydrogens (primary N) is 1. The van der Waals surface area contributed by atoms with E-state index in [9.17, 15) is 12.8 Å². The summed E-state index contributed by atoms with van der Waals surface area (Å²) in [4.78, 5) is 7.94. The summed E-state index contributed by atoms with van der Waals surface area (Å²) in [7, 11) is -2.81. The number of nitrogens with one attached hydrogen (secondary N) is 1. The standard InChI is InChI=1S/C16H13FN4O2S/c17-13-7-10(11-3-1-2-4-14(11)21-24(22)23)5-6-12(13)15-8-20-16(18)9-19-15/h1-9,24H,(H2,18,20)(H,21,22,23). The molecule has 0 fully saturated rings. The molecule has 2 aromatic carbocycles. The Hall–Kier alpha value is -3.00. The number of thiol groups is 1. The Morgan fingerprint density at radius 1 is 1.00 bits per heavy atom. The lowest BCUT2D eigenvalue weighted by Crippen LogP contribution is -1.98. The molecule has 0 unspecified atom stereocenters. The molecule has 0 atom stereocenters. The molecule has 0 amide bonds. The third-order valence-electron chi connectivity index (χ3n) is 3.37. The molecule has 3 rings (SSSR count). The van der Waals surface area contributed by atoms with E-state index in [2.05, 4.69) is 14.7 Å². The molecule has 3 aromatic rings. The molecule has 1 aromatic heterocycles. The number of halogens is 1. The lowest BCUT2D eigenvalue weighted by molar-refractivity contribution is 0.619. The molecule has 0 bridgehead atoms. The van der Waals surface area contributed by atoms with Gasteiger partial charge in [0.1, 0.15) is 11.6 Å². The van der Waals surface area contributed by atoms with Gasteiger partial charge in [0.15, 0.2) is 0 Å². The molecule has 0 spiro atoms. The lowest BCUT2D eigenvalue weighted by atomic mass is 10.0. The largest absolute Gasteiger partial charge is 0.382 e. The monoisotopic (exact) mass is 344 g/mol. The van der Waals surface area contributed by atoms with Crippen molar-refractivity contribution in [1.29, 1.82) is 0 Å². The number of nitrogens with zero attached hydrogens (tertiary/aromatic N) is 2. The van der Waals surface area contributed by atoms with E-state index < -0.39 is 16.7 Å². The van der Waals surface area contributed by atoms with Crippen molar-refractivity contribution in [1.82, 2.24) is 9.97 Å². The predicted octanol–water partition coefficient (Wildman–Crippen LogP) is 2.47. The van der Waals surface area contributed by atoms with Crippen LogP contribution >= 0.6 is 0 Å². The number of aromatic nitrogens is 2. The topological polar surface area (TPSA) is 98.0 Å². The molecule has 0 radical (unpaired) electrons. The van der Waals surface area contributed by atoms with Gasteiger partial charge in [0.2, 0.25) is 10.9 Å². The van der Waals surface area contributed by atoms with E-state index in [-0.39, 0.29) is 11.4 Å². The van der Waals surface area contributed by atoms with Crippen molar-refractivity contribution in [3.05, 3.63) is 60.7 Å². The van der Waals surface area contributed by atoms with Gasteiger partial charge in [0, 0.05) is 11.1 Å². The molecule has 6 nitrogen and oxygen atoms in total. The second-order valence-electron chi connectivity index (χ2n) is 4.94. The van der Waals surface area contributed by atoms with Crippen LogP contribution in [0.4, 0.5) is 15.9 Å². The fraction of sp³-hybridized carbons (Fsp3) is 0. The zero-order valence-corrected chi connectivity index (χ0v) is 13.2. The maximum absolute atomic E-state index is 14.5. The summed E-state index contributed by atoms with van der Waals surface area (Å²) in [6.07, 6.45) is 2.75. The maximum atomic E-state index is 14.5. The third-order valence-corrected chi connectivity index (χ3v) is 3.79. The zero-order chi connectivity index (χ0) is 17.1. The van der Waals surface area contributed by atoms with Crippen LogP contribution in [0.2, 0.25) is 0 Å². The first kappa shape index (κ1) is 15.9. The molecule has 0 aliphatic rings. The quantitative estimate of drug-likeness (QED) is 0.632. The SMILES string of the molecule is Nc1cnc(-c2ccc(-c3ccccc3N[SH](=O)=O)cc2F)cn1. The minimum absolute atomic E-state index is 0.252. The average molecular weight is 344 g/mol. The molecular formula is C16H13FN4O2S. The fourth-order valence-electron chi connectivity index (χ4n) is 2.30. The Bertz CT molecular complexity index is 951. The van der Waals surface area contributed by atoms with Gasteiger partial charge in [-0.05, 0) is 23.8 Å². The van der Waals surface area contributed by atoms with Gasteiger partial charge in [-0.15, -0.1) is 0 Å². The summed E-state index contributed by atoms with van der Waals surface area (Å²) in [6, 6.07) is 11.3. The number of benzene rings is 2. The highest BCUT2D eigenvalue weighted by Gasteiger charge is 2.11. The average Bonchev–Trinajstić information content (AvgIpc) is 2.56. The zero-order valence-electron chi connectivity index (χ0n) is 12.3. The normalized spacial score (nSPS) is 10.8. The van der Waals surface area contributed by atoms with Crippen LogP contribution in [0.1, 0.15) is 0 Å². The molecule has 0 saturated heterocycles. The van der Waals surface area contributed by atoms with Gasteiger partial charge < -0.3 is 5.73 Å². The highest BCUT2D eigenvalue weighted by atomic mass is 32.2. The molecule has 3 N–H and O–H groups in total. The van der Waals surface area contributed by atoms with E-state index in [1.807, 2.05) is 0 Å². The second-order valence-corrected chi connectivity index (χ2v) is 5.67. The fourth-order valence-corrected chi connectivity index (χ4v) is 2.69. The van der Waals surface area contributed by atoms with Crippen molar-refractivity contribution < 1.29 is 12.8 Å². The lowest BCUT2D eigenvalue weighted by Gasteiger charge is -2.10. The molecule has 0 saturated carbocycles.